The van der Waals surface area contributed by atoms with Gasteiger partial charge >= 0.3 is 0 Å². The van der Waals surface area contributed by atoms with Gasteiger partial charge in [0.1, 0.15) is 0 Å². The Morgan fingerprint density at radius 1 is 1.24 bits per heavy atom. The zero-order valence-corrected chi connectivity index (χ0v) is 13.3. The fourth-order valence-electron chi connectivity index (χ4n) is 1.55. The van der Waals surface area contributed by atoms with Gasteiger partial charge in [0.2, 0.25) is 16.9 Å². The summed E-state index contributed by atoms with van der Waals surface area (Å²) in [5.41, 5.74) is 0.733. The van der Waals surface area contributed by atoms with E-state index in [1.54, 1.807) is 6.07 Å². The highest BCUT2D eigenvalue weighted by atomic mass is 35.5. The van der Waals surface area contributed by atoms with E-state index in [9.17, 15) is 0 Å². The van der Waals surface area contributed by atoms with Gasteiger partial charge in [-0.3, -0.25) is 0 Å². The Kier molecular flexibility index (Phi) is 4.37. The molecule has 21 heavy (non-hydrogen) atoms. The molecular weight excluding hydrogens is 330 g/mol. The van der Waals surface area contributed by atoms with Crippen LogP contribution < -0.4 is 5.32 Å². The van der Waals surface area contributed by atoms with E-state index in [-0.39, 0.29) is 0 Å². The molecule has 1 N–H and O–H groups in total. The fourth-order valence-corrected chi connectivity index (χ4v) is 3.31. The van der Waals surface area contributed by atoms with E-state index in [0.717, 1.165) is 15.0 Å². The van der Waals surface area contributed by atoms with Gasteiger partial charge in [-0.1, -0.05) is 46.8 Å². The first-order chi connectivity index (χ1) is 10.3. The Morgan fingerprint density at radius 3 is 2.86 bits per heavy atom. The van der Waals surface area contributed by atoms with E-state index in [2.05, 4.69) is 25.7 Å². The van der Waals surface area contributed by atoms with Crippen LogP contribution in [0.25, 0.3) is 11.5 Å². The van der Waals surface area contributed by atoms with Crippen LogP contribution >= 0.6 is 34.7 Å². The number of hydrogen-bond donors (Lipinski definition) is 1. The molecule has 2 heterocycles. The minimum absolute atomic E-state index is 0.421. The van der Waals surface area contributed by atoms with E-state index in [0.29, 0.717) is 22.6 Å². The normalized spacial score (nSPS) is 10.8. The lowest BCUT2D eigenvalue weighted by atomic mass is 10.2. The molecule has 0 saturated carbocycles. The summed E-state index contributed by atoms with van der Waals surface area (Å²) < 4.78 is 6.46. The zero-order valence-electron chi connectivity index (χ0n) is 10.9. The third kappa shape index (κ3) is 3.34. The third-order valence-electron chi connectivity index (χ3n) is 2.51. The number of halogens is 1. The maximum Gasteiger partial charge on any atom is 0.249 e. The molecule has 0 fully saturated rings. The van der Waals surface area contributed by atoms with Crippen molar-refractivity contribution in [1.29, 1.82) is 0 Å². The molecule has 1 aromatic carbocycles. The molecule has 0 atom stereocenters. The van der Waals surface area contributed by atoms with Crippen molar-refractivity contribution >= 4 is 39.8 Å². The second kappa shape index (κ2) is 6.42. The van der Waals surface area contributed by atoms with Crippen molar-refractivity contribution < 1.29 is 4.42 Å². The van der Waals surface area contributed by atoms with Crippen LogP contribution in [0.1, 0.15) is 5.89 Å². The van der Waals surface area contributed by atoms with Crippen LogP contribution in [0.3, 0.4) is 0 Å². The smallest absolute Gasteiger partial charge is 0.249 e. The Labute approximate surface area is 134 Å². The molecule has 3 aromatic rings. The topological polar surface area (TPSA) is 76.7 Å². The highest BCUT2D eigenvalue weighted by Gasteiger charge is 2.12. The van der Waals surface area contributed by atoms with Gasteiger partial charge in [0.15, 0.2) is 4.34 Å². The molecule has 0 radical (unpaired) electrons. The highest BCUT2D eigenvalue weighted by molar-refractivity contribution is 8.00. The van der Waals surface area contributed by atoms with Gasteiger partial charge in [-0.05, 0) is 12.1 Å². The van der Waals surface area contributed by atoms with Crippen LogP contribution in [0, 0.1) is 0 Å². The summed E-state index contributed by atoms with van der Waals surface area (Å²) >= 11 is 9.08. The first-order valence-corrected chi connectivity index (χ1v) is 8.15. The molecule has 3 rings (SSSR count). The lowest BCUT2D eigenvalue weighted by molar-refractivity contribution is 0.528. The van der Waals surface area contributed by atoms with Crippen molar-refractivity contribution in [3.8, 4) is 11.5 Å². The third-order valence-corrected chi connectivity index (χ3v) is 4.90. The summed E-state index contributed by atoms with van der Waals surface area (Å²) in [5.74, 6) is 1.48. The van der Waals surface area contributed by atoms with Crippen molar-refractivity contribution in [3.63, 3.8) is 0 Å². The van der Waals surface area contributed by atoms with Crippen LogP contribution in [0.2, 0.25) is 5.02 Å². The summed E-state index contributed by atoms with van der Waals surface area (Å²) in [6.45, 7) is 0. The molecule has 0 spiro atoms. The van der Waals surface area contributed by atoms with Crippen LogP contribution in [0.5, 0.6) is 0 Å². The lowest BCUT2D eigenvalue weighted by Crippen LogP contribution is -1.84. The molecule has 0 bridgehead atoms. The van der Waals surface area contributed by atoms with E-state index >= 15 is 0 Å². The molecule has 0 saturated heterocycles. The average Bonchev–Trinajstić information content (AvgIpc) is 3.14. The summed E-state index contributed by atoms with van der Waals surface area (Å²) in [4.78, 5) is 0. The van der Waals surface area contributed by atoms with E-state index < -0.39 is 0 Å². The monoisotopic (exact) mass is 339 g/mol. The minimum Gasteiger partial charge on any atom is -0.420 e. The fraction of sp³-hybridized carbons (Fsp3) is 0.167. The highest BCUT2D eigenvalue weighted by Crippen LogP contribution is 2.30. The van der Waals surface area contributed by atoms with Crippen molar-refractivity contribution in [2.24, 2.45) is 0 Å². The summed E-state index contributed by atoms with van der Waals surface area (Å²) in [6, 6.07) is 7.36. The quantitative estimate of drug-likeness (QED) is 0.712. The number of thioether (sulfide) groups is 1. The first kappa shape index (κ1) is 14.3. The molecule has 0 amide bonds. The maximum atomic E-state index is 6.10. The summed E-state index contributed by atoms with van der Waals surface area (Å²) in [7, 11) is 1.81. The molecule has 0 aliphatic carbocycles. The number of nitrogens with one attached hydrogen (secondary N) is 1. The second-order valence-corrected chi connectivity index (χ2v) is 6.50. The SMILES string of the molecule is CNc1nnc(SCc2nnc(-c3ccccc3Cl)o2)s1. The van der Waals surface area contributed by atoms with Crippen LogP contribution in [-0.4, -0.2) is 27.4 Å². The molecule has 108 valence electrons. The van der Waals surface area contributed by atoms with Gasteiger partial charge in [-0.2, -0.15) is 0 Å². The first-order valence-electron chi connectivity index (χ1n) is 5.97. The maximum absolute atomic E-state index is 6.10. The zero-order chi connectivity index (χ0) is 14.7. The Bertz CT molecular complexity index is 745. The predicted molar refractivity (Wildman–Crippen MR) is 83.8 cm³/mol. The number of aromatic nitrogens is 4. The van der Waals surface area contributed by atoms with Crippen molar-refractivity contribution in [1.82, 2.24) is 20.4 Å². The van der Waals surface area contributed by atoms with Gasteiger partial charge in [0, 0.05) is 7.05 Å². The van der Waals surface area contributed by atoms with Crippen LogP contribution in [0.15, 0.2) is 33.0 Å². The van der Waals surface area contributed by atoms with Gasteiger partial charge in [-0.25, -0.2) is 0 Å². The molecule has 0 aliphatic heterocycles. The van der Waals surface area contributed by atoms with Crippen molar-refractivity contribution in [2.45, 2.75) is 10.1 Å². The summed E-state index contributed by atoms with van der Waals surface area (Å²) in [5, 5.41) is 20.4. The largest absolute Gasteiger partial charge is 0.420 e. The molecule has 0 aliphatic rings. The van der Waals surface area contributed by atoms with E-state index in [1.807, 2.05) is 25.2 Å². The number of nitrogens with zero attached hydrogens (tertiary/aromatic N) is 4. The van der Waals surface area contributed by atoms with Gasteiger partial charge in [0.05, 0.1) is 16.3 Å². The molecule has 6 nitrogen and oxygen atoms in total. The van der Waals surface area contributed by atoms with E-state index in [4.69, 9.17) is 16.0 Å². The Balaban J connectivity index is 1.69. The molecular formula is C12H10ClN5OS2. The Hall–Kier alpha value is -1.64. The van der Waals surface area contributed by atoms with Gasteiger partial charge < -0.3 is 9.73 Å². The predicted octanol–water partition coefficient (Wildman–Crippen LogP) is 3.58. The molecule has 2 aromatic heterocycles. The number of anilines is 1. The standard InChI is InChI=1S/C12H10ClN5OS2/c1-14-11-17-18-12(21-11)20-6-9-15-16-10(19-9)7-4-2-3-5-8(7)13/h2-5H,6H2,1H3,(H,14,17). The van der Waals surface area contributed by atoms with Gasteiger partial charge in [0.25, 0.3) is 0 Å². The van der Waals surface area contributed by atoms with Crippen molar-refractivity contribution in [3.05, 3.63) is 35.2 Å². The second-order valence-electron chi connectivity index (χ2n) is 3.89. The number of hydrogen-bond acceptors (Lipinski definition) is 8. The van der Waals surface area contributed by atoms with Gasteiger partial charge in [-0.15, -0.1) is 20.4 Å². The summed E-state index contributed by atoms with van der Waals surface area (Å²) in [6.07, 6.45) is 0. The van der Waals surface area contributed by atoms with E-state index in [1.165, 1.54) is 23.1 Å². The lowest BCUT2D eigenvalue weighted by Gasteiger charge is -1.96. The molecule has 9 heteroatoms. The average molecular weight is 340 g/mol. The van der Waals surface area contributed by atoms with Crippen molar-refractivity contribution in [2.75, 3.05) is 12.4 Å². The van der Waals surface area contributed by atoms with Crippen LogP contribution in [0.4, 0.5) is 5.13 Å². The van der Waals surface area contributed by atoms with Crippen LogP contribution in [-0.2, 0) is 5.75 Å². The molecule has 0 unspecified atom stereocenters. The number of rotatable bonds is 5. The minimum atomic E-state index is 0.421. The Morgan fingerprint density at radius 2 is 2.10 bits per heavy atom. The number of benzene rings is 1.